The highest BCUT2D eigenvalue weighted by atomic mass is 16.5. The molecule has 0 aromatic heterocycles. The summed E-state index contributed by atoms with van der Waals surface area (Å²) in [5.74, 6) is 0. The Morgan fingerprint density at radius 3 is 2.47 bits per heavy atom. The van der Waals surface area contributed by atoms with Gasteiger partial charge in [-0.1, -0.05) is 12.8 Å². The minimum absolute atomic E-state index is 0.264. The number of aliphatic hydroxyl groups excluding tert-OH is 1. The molecule has 1 rings (SSSR count). The predicted octanol–water partition coefficient (Wildman–Crippen LogP) is 0.903. The number of nitrogens with zero attached hydrogens (tertiary/aromatic N) is 1. The van der Waals surface area contributed by atoms with Crippen LogP contribution in [0.4, 0.5) is 0 Å². The molecule has 1 aliphatic heterocycles. The first kappa shape index (κ1) is 16.9. The third-order valence-corrected chi connectivity index (χ3v) is 3.54. The van der Waals surface area contributed by atoms with Gasteiger partial charge in [0.15, 0.2) is 0 Å². The summed E-state index contributed by atoms with van der Waals surface area (Å²) < 4.78 is 15.8. The molecule has 0 aromatic rings. The molecule has 0 spiro atoms. The van der Waals surface area contributed by atoms with Gasteiger partial charge in [-0.2, -0.15) is 0 Å². The van der Waals surface area contributed by atoms with E-state index in [2.05, 4.69) is 4.90 Å². The fraction of sp³-hybridized carbons (Fsp3) is 1.00. The van der Waals surface area contributed by atoms with Crippen molar-refractivity contribution in [1.29, 1.82) is 0 Å². The number of methoxy groups -OCH3 is 1. The Bertz CT molecular complexity index is 204. The zero-order chi connectivity index (χ0) is 13.8. The Morgan fingerprint density at radius 1 is 1.00 bits per heavy atom. The Kier molecular flexibility index (Phi) is 10.3. The van der Waals surface area contributed by atoms with E-state index in [1.807, 2.05) is 0 Å². The van der Waals surface area contributed by atoms with Crippen LogP contribution in [0.1, 0.15) is 25.7 Å². The van der Waals surface area contributed by atoms with Crippen molar-refractivity contribution in [3.05, 3.63) is 0 Å². The van der Waals surface area contributed by atoms with E-state index in [4.69, 9.17) is 14.2 Å². The van der Waals surface area contributed by atoms with Crippen molar-refractivity contribution in [2.45, 2.75) is 31.7 Å². The quantitative estimate of drug-likeness (QED) is 0.600. The van der Waals surface area contributed by atoms with Crippen LogP contribution in [0.3, 0.4) is 0 Å². The largest absolute Gasteiger partial charge is 0.395 e. The summed E-state index contributed by atoms with van der Waals surface area (Å²) in [6, 6.07) is 0.323. The maximum Gasteiger partial charge on any atom is 0.0701 e. The molecule has 114 valence electrons. The van der Waals surface area contributed by atoms with Gasteiger partial charge < -0.3 is 19.3 Å². The van der Waals surface area contributed by atoms with Gasteiger partial charge >= 0.3 is 0 Å². The fourth-order valence-electron chi connectivity index (χ4n) is 2.38. The third kappa shape index (κ3) is 7.84. The van der Waals surface area contributed by atoms with E-state index in [-0.39, 0.29) is 6.61 Å². The van der Waals surface area contributed by atoms with E-state index >= 15 is 0 Å². The van der Waals surface area contributed by atoms with E-state index in [9.17, 15) is 5.11 Å². The van der Waals surface area contributed by atoms with Gasteiger partial charge in [0.05, 0.1) is 39.6 Å². The van der Waals surface area contributed by atoms with E-state index in [1.54, 1.807) is 7.11 Å². The SMILES string of the molecule is COCCOCCOCCN1CCCCCC1CO. The van der Waals surface area contributed by atoms with Gasteiger partial charge in [0.2, 0.25) is 0 Å². The lowest BCUT2D eigenvalue weighted by molar-refractivity contribution is 0.0139. The van der Waals surface area contributed by atoms with E-state index in [1.165, 1.54) is 19.3 Å². The molecule has 1 atom stereocenters. The fourth-order valence-corrected chi connectivity index (χ4v) is 2.38. The molecule has 1 N–H and O–H groups in total. The summed E-state index contributed by atoms with van der Waals surface area (Å²) in [4.78, 5) is 2.36. The van der Waals surface area contributed by atoms with Crippen LogP contribution >= 0.6 is 0 Å². The van der Waals surface area contributed by atoms with E-state index < -0.39 is 0 Å². The first-order chi connectivity index (χ1) is 9.38. The lowest BCUT2D eigenvalue weighted by atomic mass is 10.1. The molecular formula is C14H29NO4. The number of rotatable bonds is 10. The maximum atomic E-state index is 9.40. The number of ether oxygens (including phenoxy) is 3. The number of hydrogen-bond acceptors (Lipinski definition) is 5. The van der Waals surface area contributed by atoms with Gasteiger partial charge in [0.25, 0.3) is 0 Å². The molecule has 0 radical (unpaired) electrons. The predicted molar refractivity (Wildman–Crippen MR) is 74.4 cm³/mol. The second-order valence-electron chi connectivity index (χ2n) is 4.94. The topological polar surface area (TPSA) is 51.2 Å². The monoisotopic (exact) mass is 275 g/mol. The molecule has 0 saturated carbocycles. The average Bonchev–Trinajstić information content (AvgIpc) is 2.66. The first-order valence-electron chi connectivity index (χ1n) is 7.38. The summed E-state index contributed by atoms with van der Waals surface area (Å²) in [7, 11) is 1.67. The van der Waals surface area contributed by atoms with Crippen LogP contribution in [-0.4, -0.2) is 75.9 Å². The van der Waals surface area contributed by atoms with Crippen molar-refractivity contribution in [3.63, 3.8) is 0 Å². The van der Waals surface area contributed by atoms with E-state index in [0.29, 0.717) is 39.1 Å². The molecule has 19 heavy (non-hydrogen) atoms. The Morgan fingerprint density at radius 2 is 1.74 bits per heavy atom. The lowest BCUT2D eigenvalue weighted by Crippen LogP contribution is -2.39. The average molecular weight is 275 g/mol. The van der Waals surface area contributed by atoms with Crippen molar-refractivity contribution < 1.29 is 19.3 Å². The number of aliphatic hydroxyl groups is 1. The lowest BCUT2D eigenvalue weighted by Gasteiger charge is -2.28. The van der Waals surface area contributed by atoms with Crippen molar-refractivity contribution in [3.8, 4) is 0 Å². The molecule has 0 bridgehead atoms. The second kappa shape index (κ2) is 11.6. The van der Waals surface area contributed by atoms with Crippen molar-refractivity contribution in [2.24, 2.45) is 0 Å². The van der Waals surface area contributed by atoms with Gasteiger partial charge in [0, 0.05) is 19.7 Å². The molecule has 0 amide bonds. The molecule has 0 aliphatic carbocycles. The van der Waals surface area contributed by atoms with Crippen molar-refractivity contribution in [1.82, 2.24) is 4.90 Å². The Balaban J connectivity index is 2.00. The van der Waals surface area contributed by atoms with Gasteiger partial charge in [-0.05, 0) is 19.4 Å². The van der Waals surface area contributed by atoms with Gasteiger partial charge in [-0.25, -0.2) is 0 Å². The van der Waals surface area contributed by atoms with Crippen LogP contribution in [-0.2, 0) is 14.2 Å². The molecule has 1 heterocycles. The molecule has 1 unspecified atom stereocenters. The van der Waals surface area contributed by atoms with E-state index in [0.717, 1.165) is 19.5 Å². The highest BCUT2D eigenvalue weighted by Gasteiger charge is 2.19. The summed E-state index contributed by atoms with van der Waals surface area (Å²) in [6.45, 7) is 5.46. The Labute approximate surface area is 116 Å². The minimum atomic E-state index is 0.264. The number of likely N-dealkylation sites (tertiary alicyclic amines) is 1. The highest BCUT2D eigenvalue weighted by Crippen LogP contribution is 2.15. The van der Waals surface area contributed by atoms with Gasteiger partial charge in [0.1, 0.15) is 0 Å². The van der Waals surface area contributed by atoms with Gasteiger partial charge in [-0.15, -0.1) is 0 Å². The summed E-state index contributed by atoms with van der Waals surface area (Å²) >= 11 is 0. The second-order valence-corrected chi connectivity index (χ2v) is 4.94. The van der Waals surface area contributed by atoms with Crippen LogP contribution in [0.15, 0.2) is 0 Å². The van der Waals surface area contributed by atoms with Crippen LogP contribution in [0, 0.1) is 0 Å². The van der Waals surface area contributed by atoms with Crippen LogP contribution in [0.25, 0.3) is 0 Å². The molecule has 5 nitrogen and oxygen atoms in total. The minimum Gasteiger partial charge on any atom is -0.395 e. The smallest absolute Gasteiger partial charge is 0.0701 e. The molecular weight excluding hydrogens is 246 g/mol. The number of hydrogen-bond donors (Lipinski definition) is 1. The van der Waals surface area contributed by atoms with Crippen molar-refractivity contribution >= 4 is 0 Å². The highest BCUT2D eigenvalue weighted by molar-refractivity contribution is 4.74. The maximum absolute atomic E-state index is 9.40. The molecule has 1 aliphatic rings. The standard InChI is InChI=1S/C14H29NO4/c1-17-9-10-19-12-11-18-8-7-15-6-4-2-3-5-14(15)13-16/h14,16H,2-13H2,1H3. The molecule has 0 aromatic carbocycles. The van der Waals surface area contributed by atoms with Gasteiger partial charge in [-0.3, -0.25) is 4.90 Å². The first-order valence-corrected chi connectivity index (χ1v) is 7.38. The Hall–Kier alpha value is -0.200. The summed E-state index contributed by atoms with van der Waals surface area (Å²) in [5, 5.41) is 9.40. The molecule has 5 heteroatoms. The van der Waals surface area contributed by atoms with Crippen LogP contribution in [0.2, 0.25) is 0 Å². The molecule has 1 fully saturated rings. The third-order valence-electron chi connectivity index (χ3n) is 3.54. The zero-order valence-corrected chi connectivity index (χ0v) is 12.2. The van der Waals surface area contributed by atoms with Crippen LogP contribution in [0.5, 0.6) is 0 Å². The molecule has 1 saturated heterocycles. The zero-order valence-electron chi connectivity index (χ0n) is 12.2. The summed E-state index contributed by atoms with van der Waals surface area (Å²) in [6.07, 6.45) is 4.85. The van der Waals surface area contributed by atoms with Crippen molar-refractivity contribution in [2.75, 3.05) is 59.8 Å². The normalized spacial score (nSPS) is 21.5. The van der Waals surface area contributed by atoms with Crippen LogP contribution < -0.4 is 0 Å². The summed E-state index contributed by atoms with van der Waals surface area (Å²) in [5.41, 5.74) is 0.